The Kier molecular flexibility index (Phi) is 4.87. The summed E-state index contributed by atoms with van der Waals surface area (Å²) in [6.07, 6.45) is 8.48. The lowest BCUT2D eigenvalue weighted by molar-refractivity contribution is 0.0983. The van der Waals surface area contributed by atoms with E-state index in [1.807, 2.05) is 0 Å². The van der Waals surface area contributed by atoms with E-state index < -0.39 is 0 Å². The Labute approximate surface area is 107 Å². The Morgan fingerprint density at radius 2 is 2.06 bits per heavy atom. The highest BCUT2D eigenvalue weighted by Crippen LogP contribution is 2.29. The van der Waals surface area contributed by atoms with Crippen LogP contribution in [0.5, 0.6) is 0 Å². The van der Waals surface area contributed by atoms with Gasteiger partial charge in [-0.1, -0.05) is 26.7 Å². The first-order valence-electron chi connectivity index (χ1n) is 7.65. The minimum Gasteiger partial charge on any atom is -0.316 e. The number of nitrogens with zero attached hydrogens (tertiary/aromatic N) is 1. The van der Waals surface area contributed by atoms with E-state index in [0.717, 1.165) is 5.92 Å². The molecule has 2 rings (SSSR count). The Morgan fingerprint density at radius 3 is 2.65 bits per heavy atom. The molecule has 0 aromatic heterocycles. The van der Waals surface area contributed by atoms with Gasteiger partial charge in [0.05, 0.1) is 0 Å². The molecule has 0 aliphatic carbocycles. The van der Waals surface area contributed by atoms with Gasteiger partial charge in [0.25, 0.3) is 0 Å². The summed E-state index contributed by atoms with van der Waals surface area (Å²) in [5.74, 6) is 1.02. The first-order valence-corrected chi connectivity index (χ1v) is 7.65. The van der Waals surface area contributed by atoms with Gasteiger partial charge in [-0.15, -0.1) is 0 Å². The van der Waals surface area contributed by atoms with Crippen LogP contribution < -0.4 is 5.32 Å². The molecule has 100 valence electrons. The van der Waals surface area contributed by atoms with Gasteiger partial charge in [-0.25, -0.2) is 0 Å². The Morgan fingerprint density at radius 1 is 1.29 bits per heavy atom. The fourth-order valence-electron chi connectivity index (χ4n) is 3.63. The molecule has 0 radical (unpaired) electrons. The molecule has 17 heavy (non-hydrogen) atoms. The van der Waals surface area contributed by atoms with Gasteiger partial charge in [-0.2, -0.15) is 0 Å². The van der Waals surface area contributed by atoms with Crippen LogP contribution in [-0.2, 0) is 0 Å². The maximum absolute atomic E-state index is 3.57. The Hall–Kier alpha value is -0.0800. The zero-order valence-corrected chi connectivity index (χ0v) is 11.8. The zero-order valence-electron chi connectivity index (χ0n) is 11.8. The summed E-state index contributed by atoms with van der Waals surface area (Å²) < 4.78 is 0. The Balaban J connectivity index is 1.73. The van der Waals surface area contributed by atoms with Crippen molar-refractivity contribution < 1.29 is 0 Å². The van der Waals surface area contributed by atoms with Crippen LogP contribution in [0.3, 0.4) is 0 Å². The van der Waals surface area contributed by atoms with Crippen molar-refractivity contribution in [1.82, 2.24) is 10.2 Å². The molecule has 2 fully saturated rings. The van der Waals surface area contributed by atoms with Crippen molar-refractivity contribution in [2.24, 2.45) is 11.3 Å². The third-order valence-corrected chi connectivity index (χ3v) is 4.70. The average molecular weight is 238 g/mol. The van der Waals surface area contributed by atoms with Gasteiger partial charge >= 0.3 is 0 Å². The van der Waals surface area contributed by atoms with Crippen molar-refractivity contribution in [1.29, 1.82) is 0 Å². The van der Waals surface area contributed by atoms with Crippen molar-refractivity contribution in [2.45, 2.75) is 52.4 Å². The van der Waals surface area contributed by atoms with Crippen LogP contribution in [0.25, 0.3) is 0 Å². The monoisotopic (exact) mass is 238 g/mol. The second kappa shape index (κ2) is 6.19. The fourth-order valence-corrected chi connectivity index (χ4v) is 3.63. The number of hydrogen-bond acceptors (Lipinski definition) is 2. The lowest BCUT2D eigenvalue weighted by Gasteiger charge is -2.41. The number of nitrogens with one attached hydrogen (secondary N) is 1. The summed E-state index contributed by atoms with van der Waals surface area (Å²) in [4.78, 5) is 2.72. The second-order valence-electron chi connectivity index (χ2n) is 6.60. The van der Waals surface area contributed by atoms with E-state index in [1.54, 1.807) is 0 Å². The predicted molar refractivity (Wildman–Crippen MR) is 74.3 cm³/mol. The maximum atomic E-state index is 3.57. The van der Waals surface area contributed by atoms with E-state index in [2.05, 4.69) is 24.1 Å². The normalized spacial score (nSPS) is 32.8. The molecule has 0 saturated carbocycles. The SMILES string of the molecule is CCCC1CCN(CC2(C)CCCNC2)CC1. The number of likely N-dealkylation sites (tertiary alicyclic amines) is 1. The minimum atomic E-state index is 0.538. The van der Waals surface area contributed by atoms with Crippen LogP contribution in [0.15, 0.2) is 0 Å². The summed E-state index contributed by atoms with van der Waals surface area (Å²) in [6.45, 7) is 11.3. The summed E-state index contributed by atoms with van der Waals surface area (Å²) in [7, 11) is 0. The Bertz CT molecular complexity index is 213. The van der Waals surface area contributed by atoms with Gasteiger partial charge in [0.2, 0.25) is 0 Å². The van der Waals surface area contributed by atoms with Crippen LogP contribution in [0.1, 0.15) is 52.4 Å². The average Bonchev–Trinajstić information content (AvgIpc) is 2.33. The molecule has 2 nitrogen and oxygen atoms in total. The molecule has 0 aromatic rings. The summed E-state index contributed by atoms with van der Waals surface area (Å²) in [5, 5.41) is 3.57. The van der Waals surface area contributed by atoms with Crippen molar-refractivity contribution in [3.8, 4) is 0 Å². The molecular weight excluding hydrogens is 208 g/mol. The summed E-state index contributed by atoms with van der Waals surface area (Å²) in [5.41, 5.74) is 0.538. The fraction of sp³-hybridized carbons (Fsp3) is 1.00. The first-order chi connectivity index (χ1) is 8.22. The quantitative estimate of drug-likeness (QED) is 0.810. The molecule has 0 amide bonds. The largest absolute Gasteiger partial charge is 0.316 e. The van der Waals surface area contributed by atoms with Gasteiger partial charge in [0.15, 0.2) is 0 Å². The van der Waals surface area contributed by atoms with Crippen LogP contribution in [0.4, 0.5) is 0 Å². The standard InChI is InChI=1S/C15H30N2/c1-3-5-14-6-10-17(11-7-14)13-15(2)8-4-9-16-12-15/h14,16H,3-13H2,1-2H3. The highest BCUT2D eigenvalue weighted by Gasteiger charge is 2.30. The minimum absolute atomic E-state index is 0.538. The molecule has 1 atom stereocenters. The molecule has 2 aliphatic rings. The van der Waals surface area contributed by atoms with Gasteiger partial charge < -0.3 is 10.2 Å². The second-order valence-corrected chi connectivity index (χ2v) is 6.60. The van der Waals surface area contributed by atoms with Crippen molar-refractivity contribution >= 4 is 0 Å². The highest BCUT2D eigenvalue weighted by molar-refractivity contribution is 4.86. The van der Waals surface area contributed by atoms with E-state index >= 15 is 0 Å². The van der Waals surface area contributed by atoms with Gasteiger partial charge in [0, 0.05) is 13.1 Å². The number of piperidine rings is 2. The van der Waals surface area contributed by atoms with Crippen molar-refractivity contribution in [3.63, 3.8) is 0 Å². The van der Waals surface area contributed by atoms with Crippen molar-refractivity contribution in [2.75, 3.05) is 32.7 Å². The zero-order chi connectivity index (χ0) is 12.1. The molecule has 0 spiro atoms. The van der Waals surface area contributed by atoms with Crippen molar-refractivity contribution in [3.05, 3.63) is 0 Å². The molecule has 2 aliphatic heterocycles. The highest BCUT2D eigenvalue weighted by atomic mass is 15.1. The van der Waals surface area contributed by atoms with E-state index in [0.29, 0.717) is 5.41 Å². The summed E-state index contributed by atoms with van der Waals surface area (Å²) in [6, 6.07) is 0. The molecule has 2 saturated heterocycles. The third-order valence-electron chi connectivity index (χ3n) is 4.70. The van der Waals surface area contributed by atoms with Gasteiger partial charge in [-0.05, 0) is 56.7 Å². The smallest absolute Gasteiger partial charge is 0.00475 e. The third kappa shape index (κ3) is 3.96. The van der Waals surface area contributed by atoms with Crippen LogP contribution >= 0.6 is 0 Å². The van der Waals surface area contributed by atoms with Crippen LogP contribution in [0.2, 0.25) is 0 Å². The first kappa shape index (κ1) is 13.4. The molecule has 0 bridgehead atoms. The van der Waals surface area contributed by atoms with E-state index in [4.69, 9.17) is 0 Å². The lowest BCUT2D eigenvalue weighted by Crippen LogP contribution is -2.47. The predicted octanol–water partition coefficient (Wildman–Crippen LogP) is 2.89. The van der Waals surface area contributed by atoms with E-state index in [9.17, 15) is 0 Å². The van der Waals surface area contributed by atoms with E-state index in [1.165, 1.54) is 71.2 Å². The maximum Gasteiger partial charge on any atom is 0.00475 e. The topological polar surface area (TPSA) is 15.3 Å². The van der Waals surface area contributed by atoms with Gasteiger partial charge in [-0.3, -0.25) is 0 Å². The van der Waals surface area contributed by atoms with E-state index in [-0.39, 0.29) is 0 Å². The molecule has 1 unspecified atom stereocenters. The molecular formula is C15H30N2. The summed E-state index contributed by atoms with van der Waals surface area (Å²) >= 11 is 0. The molecule has 1 N–H and O–H groups in total. The lowest BCUT2D eigenvalue weighted by atomic mass is 9.81. The van der Waals surface area contributed by atoms with Crippen LogP contribution in [0, 0.1) is 11.3 Å². The number of rotatable bonds is 4. The molecule has 2 heteroatoms. The molecule has 0 aromatic carbocycles. The van der Waals surface area contributed by atoms with Gasteiger partial charge in [0.1, 0.15) is 0 Å². The van der Waals surface area contributed by atoms with Crippen LogP contribution in [-0.4, -0.2) is 37.6 Å². The molecule has 2 heterocycles. The number of hydrogen-bond donors (Lipinski definition) is 1.